The number of ketones is 1. The molecule has 0 N–H and O–H groups in total. The third kappa shape index (κ3) is 2.64. The number of fused-ring (bicyclic) bond motifs is 7. The van der Waals surface area contributed by atoms with Crippen molar-refractivity contribution < 1.29 is 9.59 Å². The highest BCUT2D eigenvalue weighted by atomic mass is 16.1. The van der Waals surface area contributed by atoms with E-state index in [-0.39, 0.29) is 5.41 Å². The molecule has 0 aromatic carbocycles. The van der Waals surface area contributed by atoms with Gasteiger partial charge in [0.2, 0.25) is 0 Å². The molecule has 5 saturated carbocycles. The molecule has 5 aliphatic carbocycles. The lowest BCUT2D eigenvalue weighted by molar-refractivity contribution is -0.135. The average molecular weight is 369 g/mol. The Morgan fingerprint density at radius 3 is 2.37 bits per heavy atom. The fourth-order valence-electron chi connectivity index (χ4n) is 9.05. The summed E-state index contributed by atoms with van der Waals surface area (Å²) in [6, 6.07) is 0. The van der Waals surface area contributed by atoms with Gasteiger partial charge in [-0.15, -0.1) is 0 Å². The lowest BCUT2D eigenvalue weighted by Gasteiger charge is -2.58. The summed E-state index contributed by atoms with van der Waals surface area (Å²) < 4.78 is 0. The first-order valence-corrected chi connectivity index (χ1v) is 11.7. The molecule has 148 valence electrons. The number of hydrogen-bond donors (Lipinski definition) is 0. The number of rotatable bonds is 2. The van der Waals surface area contributed by atoms with Gasteiger partial charge in [-0.3, -0.25) is 4.79 Å². The maximum absolute atomic E-state index is 12.2. The first-order chi connectivity index (χ1) is 13.0. The van der Waals surface area contributed by atoms with E-state index in [0.717, 1.165) is 61.7 Å². The first kappa shape index (κ1) is 18.1. The molecule has 0 saturated heterocycles. The van der Waals surface area contributed by atoms with Gasteiger partial charge in [-0.2, -0.15) is 0 Å². The highest BCUT2D eigenvalue weighted by Gasteiger charge is 2.59. The fourth-order valence-corrected chi connectivity index (χ4v) is 9.05. The Morgan fingerprint density at radius 2 is 1.59 bits per heavy atom. The van der Waals surface area contributed by atoms with Crippen LogP contribution in [0.5, 0.6) is 0 Å². The van der Waals surface area contributed by atoms with Crippen molar-refractivity contribution in [3.63, 3.8) is 0 Å². The van der Waals surface area contributed by atoms with Crippen LogP contribution < -0.4 is 0 Å². The normalized spacial score (nSPS) is 51.5. The van der Waals surface area contributed by atoms with Crippen molar-refractivity contribution in [3.8, 4) is 0 Å². The van der Waals surface area contributed by atoms with E-state index in [0.29, 0.717) is 23.5 Å². The highest BCUT2D eigenvalue weighted by molar-refractivity contribution is 5.79. The Morgan fingerprint density at radius 1 is 0.926 bits per heavy atom. The lowest BCUT2D eigenvalue weighted by Crippen LogP contribution is -2.52. The molecule has 5 fully saturated rings. The van der Waals surface area contributed by atoms with Gasteiger partial charge in [-0.25, -0.2) is 0 Å². The highest BCUT2D eigenvalue weighted by Crippen LogP contribution is 2.65. The number of carbonyl (C=O) groups is 2. The van der Waals surface area contributed by atoms with Crippen LogP contribution in [-0.2, 0) is 9.59 Å². The van der Waals surface area contributed by atoms with Gasteiger partial charge in [0.05, 0.1) is 0 Å². The third-order valence-electron chi connectivity index (χ3n) is 10.0. The Labute approximate surface area is 164 Å². The minimum atomic E-state index is -0.0356. The molecule has 0 radical (unpaired) electrons. The van der Waals surface area contributed by atoms with Gasteiger partial charge in [0.15, 0.2) is 0 Å². The predicted octanol–water partition coefficient (Wildman–Crippen LogP) is 5.61. The Bertz CT molecular complexity index is 651. The van der Waals surface area contributed by atoms with Crippen LogP contribution >= 0.6 is 0 Å². The second-order valence-electron chi connectivity index (χ2n) is 10.9. The Hall–Kier alpha value is -0.920. The number of carbonyl (C=O) groups excluding carboxylic acids is 2. The average Bonchev–Trinajstić information content (AvgIpc) is 3.07. The topological polar surface area (TPSA) is 34.1 Å². The summed E-state index contributed by atoms with van der Waals surface area (Å²) in [5.41, 5.74) is 1.28. The first-order valence-electron chi connectivity index (χ1n) is 11.7. The van der Waals surface area contributed by atoms with Crippen LogP contribution in [0, 0.1) is 52.8 Å². The minimum absolute atomic E-state index is 0.0356. The molecule has 2 nitrogen and oxygen atoms in total. The van der Waals surface area contributed by atoms with Crippen LogP contribution in [0.3, 0.4) is 0 Å². The van der Waals surface area contributed by atoms with Gasteiger partial charge in [-0.05, 0) is 112 Å². The van der Waals surface area contributed by atoms with Crippen molar-refractivity contribution in [2.24, 2.45) is 52.8 Å². The SMILES string of the molecule is C=C(C)[C@@H]1CC[C@]2(C=O)CC[C@H]3[C@@H]4CC[C@@H]5CC(=O)CC[C@@H]5[C@H]4CC[C@@H]3[C@H]12. The molecule has 0 unspecified atom stereocenters. The fraction of sp³-hybridized carbons (Fsp3) is 0.840. The van der Waals surface area contributed by atoms with Crippen molar-refractivity contribution in [3.05, 3.63) is 12.2 Å². The molecule has 0 bridgehead atoms. The second kappa shape index (κ2) is 6.56. The summed E-state index contributed by atoms with van der Waals surface area (Å²) in [7, 11) is 0. The number of allylic oxidation sites excluding steroid dienone is 1. The van der Waals surface area contributed by atoms with E-state index in [1.165, 1.54) is 50.4 Å². The maximum Gasteiger partial charge on any atom is 0.133 e. The zero-order valence-corrected chi connectivity index (χ0v) is 17.0. The molecule has 0 amide bonds. The molecule has 0 heterocycles. The number of hydrogen-bond acceptors (Lipinski definition) is 2. The molecular weight excluding hydrogens is 332 g/mol. The Kier molecular flexibility index (Phi) is 4.41. The monoisotopic (exact) mass is 368 g/mol. The molecule has 9 atom stereocenters. The molecule has 0 aromatic rings. The molecule has 5 rings (SSSR count). The lowest BCUT2D eigenvalue weighted by atomic mass is 9.46. The summed E-state index contributed by atoms with van der Waals surface area (Å²) in [4.78, 5) is 24.2. The molecule has 2 heteroatoms. The van der Waals surface area contributed by atoms with Crippen LogP contribution in [0.25, 0.3) is 0 Å². The van der Waals surface area contributed by atoms with E-state index in [2.05, 4.69) is 13.5 Å². The van der Waals surface area contributed by atoms with E-state index < -0.39 is 0 Å². The second-order valence-corrected chi connectivity index (χ2v) is 10.9. The van der Waals surface area contributed by atoms with Crippen molar-refractivity contribution in [1.82, 2.24) is 0 Å². The van der Waals surface area contributed by atoms with E-state index in [1.807, 2.05) is 0 Å². The number of aldehydes is 1. The summed E-state index contributed by atoms with van der Waals surface area (Å²) in [5.74, 6) is 6.49. The molecule has 0 aliphatic heterocycles. The largest absolute Gasteiger partial charge is 0.303 e. The molecule has 5 aliphatic rings. The van der Waals surface area contributed by atoms with E-state index in [1.54, 1.807) is 0 Å². The quantitative estimate of drug-likeness (QED) is 0.469. The van der Waals surface area contributed by atoms with Crippen LogP contribution in [0.2, 0.25) is 0 Å². The van der Waals surface area contributed by atoms with Gasteiger partial charge in [-0.1, -0.05) is 12.2 Å². The summed E-state index contributed by atoms with van der Waals surface area (Å²) in [6.45, 7) is 6.53. The minimum Gasteiger partial charge on any atom is -0.303 e. The summed E-state index contributed by atoms with van der Waals surface area (Å²) in [6.07, 6.45) is 14.2. The van der Waals surface area contributed by atoms with Gasteiger partial charge >= 0.3 is 0 Å². The Balaban J connectivity index is 1.42. The van der Waals surface area contributed by atoms with E-state index in [4.69, 9.17) is 0 Å². The van der Waals surface area contributed by atoms with E-state index in [9.17, 15) is 9.59 Å². The van der Waals surface area contributed by atoms with Gasteiger partial charge in [0.1, 0.15) is 12.1 Å². The molecule has 0 aromatic heterocycles. The molecular formula is C25H36O2. The zero-order valence-electron chi connectivity index (χ0n) is 17.0. The number of Topliss-reactive ketones (excluding diaryl/α,β-unsaturated/α-hetero) is 1. The summed E-state index contributed by atoms with van der Waals surface area (Å²) >= 11 is 0. The van der Waals surface area contributed by atoms with Crippen molar-refractivity contribution in [2.45, 2.75) is 77.6 Å². The molecule has 0 spiro atoms. The third-order valence-corrected chi connectivity index (χ3v) is 10.0. The van der Waals surface area contributed by atoms with Crippen LogP contribution in [0.15, 0.2) is 12.2 Å². The van der Waals surface area contributed by atoms with Crippen LogP contribution in [0.1, 0.15) is 77.6 Å². The van der Waals surface area contributed by atoms with Crippen molar-refractivity contribution in [2.75, 3.05) is 0 Å². The van der Waals surface area contributed by atoms with Gasteiger partial charge < -0.3 is 4.79 Å². The van der Waals surface area contributed by atoms with Gasteiger partial charge in [0.25, 0.3) is 0 Å². The van der Waals surface area contributed by atoms with Crippen LogP contribution in [-0.4, -0.2) is 12.1 Å². The van der Waals surface area contributed by atoms with E-state index >= 15 is 0 Å². The predicted molar refractivity (Wildman–Crippen MR) is 107 cm³/mol. The van der Waals surface area contributed by atoms with Gasteiger partial charge in [0, 0.05) is 18.3 Å². The van der Waals surface area contributed by atoms with Crippen molar-refractivity contribution >= 4 is 12.1 Å². The summed E-state index contributed by atoms with van der Waals surface area (Å²) in [5, 5.41) is 0. The van der Waals surface area contributed by atoms with Crippen LogP contribution in [0.4, 0.5) is 0 Å². The smallest absolute Gasteiger partial charge is 0.133 e. The van der Waals surface area contributed by atoms with Crippen molar-refractivity contribution in [1.29, 1.82) is 0 Å². The maximum atomic E-state index is 12.2. The molecule has 27 heavy (non-hydrogen) atoms. The standard InChI is InChI=1S/C25H36O2/c1-15(2)18-9-11-25(14-26)12-10-22-21-5-3-16-13-17(27)4-6-19(16)20(21)7-8-23(22)24(18)25/h14,16,18-24H,1,3-13H2,2H3/t16-,18+,19+,20-,21-,22+,23+,24+,25-/m1/s1. The zero-order chi connectivity index (χ0) is 18.8.